The number of hydrazine groups is 1. The summed E-state index contributed by atoms with van der Waals surface area (Å²) in [4.78, 5) is 24.7. The molecular formula is C25H23Cl2N3O5S. The molecule has 188 valence electrons. The molecule has 0 aromatic heterocycles. The molecule has 0 aliphatic rings. The molecule has 0 bridgehead atoms. The first kappa shape index (κ1) is 27.1. The van der Waals surface area contributed by atoms with E-state index in [1.54, 1.807) is 36.4 Å². The van der Waals surface area contributed by atoms with Crippen LogP contribution in [0.15, 0.2) is 72.8 Å². The van der Waals surface area contributed by atoms with Gasteiger partial charge in [-0.05, 0) is 73.7 Å². The average Bonchev–Trinajstić information content (AvgIpc) is 2.87. The summed E-state index contributed by atoms with van der Waals surface area (Å²) >= 11 is 17.0. The predicted molar refractivity (Wildman–Crippen MR) is 142 cm³/mol. The zero-order chi connectivity index (χ0) is 25.9. The van der Waals surface area contributed by atoms with Gasteiger partial charge in [0.25, 0.3) is 11.8 Å². The van der Waals surface area contributed by atoms with Crippen LogP contribution in [0, 0.1) is 0 Å². The standard InChI is InChI=1S/C25H23Cl2N3O5S/c1-16(35-22-12-9-18(26)15-21(22)27)23(31)29-30-25(36)28-24(32)17-7-10-20(11-8-17)34-14-13-33-19-5-3-2-4-6-19/h2-12,15-16H,13-14H2,1H3,(H,29,31)(H2,28,30,32,36). The number of halogens is 2. The van der Waals surface area contributed by atoms with Crippen LogP contribution in [0.4, 0.5) is 0 Å². The molecule has 3 rings (SSSR count). The van der Waals surface area contributed by atoms with Crippen LogP contribution in [0.3, 0.4) is 0 Å². The van der Waals surface area contributed by atoms with E-state index in [1.807, 2.05) is 30.3 Å². The van der Waals surface area contributed by atoms with Crippen molar-refractivity contribution in [3.63, 3.8) is 0 Å². The van der Waals surface area contributed by atoms with Crippen molar-refractivity contribution in [3.8, 4) is 17.2 Å². The third-order valence-electron chi connectivity index (χ3n) is 4.57. The lowest BCUT2D eigenvalue weighted by atomic mass is 10.2. The summed E-state index contributed by atoms with van der Waals surface area (Å²) in [6.07, 6.45) is -0.902. The van der Waals surface area contributed by atoms with E-state index < -0.39 is 17.9 Å². The number of hydrogen-bond donors (Lipinski definition) is 3. The van der Waals surface area contributed by atoms with Crippen LogP contribution in [0.1, 0.15) is 17.3 Å². The van der Waals surface area contributed by atoms with Gasteiger partial charge < -0.3 is 14.2 Å². The van der Waals surface area contributed by atoms with Crippen molar-refractivity contribution < 1.29 is 23.8 Å². The number of rotatable bonds is 9. The SMILES string of the molecule is CC(Oc1ccc(Cl)cc1Cl)C(=O)NNC(=S)NC(=O)c1ccc(OCCOc2ccccc2)cc1. The molecule has 0 aliphatic heterocycles. The molecule has 0 aliphatic carbocycles. The quantitative estimate of drug-likeness (QED) is 0.205. The van der Waals surface area contributed by atoms with E-state index in [-0.39, 0.29) is 10.1 Å². The minimum absolute atomic E-state index is 0.0940. The number of ether oxygens (including phenoxy) is 3. The van der Waals surface area contributed by atoms with Crippen LogP contribution < -0.4 is 30.4 Å². The molecule has 36 heavy (non-hydrogen) atoms. The lowest BCUT2D eigenvalue weighted by Gasteiger charge is -2.17. The fourth-order valence-electron chi connectivity index (χ4n) is 2.78. The zero-order valence-electron chi connectivity index (χ0n) is 19.1. The Labute approximate surface area is 223 Å². The van der Waals surface area contributed by atoms with Gasteiger partial charge in [0.15, 0.2) is 11.2 Å². The molecule has 1 atom stereocenters. The summed E-state index contributed by atoms with van der Waals surface area (Å²) in [5.41, 5.74) is 5.18. The van der Waals surface area contributed by atoms with Crippen molar-refractivity contribution >= 4 is 52.3 Å². The number of carbonyl (C=O) groups excluding carboxylic acids is 2. The average molecular weight is 548 g/mol. The Kier molecular flexibility index (Phi) is 10.2. The molecule has 0 spiro atoms. The molecule has 11 heteroatoms. The summed E-state index contributed by atoms with van der Waals surface area (Å²) in [5, 5.41) is 3.10. The van der Waals surface area contributed by atoms with Crippen LogP contribution in [0.2, 0.25) is 10.0 Å². The summed E-state index contributed by atoms with van der Waals surface area (Å²) in [5.74, 6) is 0.664. The number of benzene rings is 3. The lowest BCUT2D eigenvalue weighted by Crippen LogP contribution is -2.51. The highest BCUT2D eigenvalue weighted by atomic mass is 35.5. The Hall–Kier alpha value is -3.53. The van der Waals surface area contributed by atoms with E-state index in [0.29, 0.717) is 35.3 Å². The molecule has 0 saturated carbocycles. The molecule has 3 N–H and O–H groups in total. The number of hydrogen-bond acceptors (Lipinski definition) is 6. The molecule has 0 radical (unpaired) electrons. The smallest absolute Gasteiger partial charge is 0.279 e. The molecule has 2 amide bonds. The minimum Gasteiger partial charge on any atom is -0.490 e. The number of para-hydroxylation sites is 1. The second kappa shape index (κ2) is 13.5. The van der Waals surface area contributed by atoms with Crippen LogP contribution >= 0.6 is 35.4 Å². The summed E-state index contributed by atoms with van der Waals surface area (Å²) in [7, 11) is 0. The first-order valence-corrected chi connectivity index (χ1v) is 11.9. The Balaban J connectivity index is 1.38. The fraction of sp³-hybridized carbons (Fsp3) is 0.160. The second-order valence-corrected chi connectivity index (χ2v) is 8.52. The van der Waals surface area contributed by atoms with Gasteiger partial charge in [-0.2, -0.15) is 0 Å². The van der Waals surface area contributed by atoms with Gasteiger partial charge in [0.05, 0.1) is 5.02 Å². The Morgan fingerprint density at radius 3 is 2.17 bits per heavy atom. The summed E-state index contributed by atoms with van der Waals surface area (Å²) in [6.45, 7) is 2.26. The van der Waals surface area contributed by atoms with E-state index in [4.69, 9.17) is 49.6 Å². The topological polar surface area (TPSA) is 97.9 Å². The highest BCUT2D eigenvalue weighted by Gasteiger charge is 2.17. The molecule has 0 fully saturated rings. The van der Waals surface area contributed by atoms with E-state index in [1.165, 1.54) is 13.0 Å². The highest BCUT2D eigenvalue weighted by molar-refractivity contribution is 7.80. The van der Waals surface area contributed by atoms with Crippen molar-refractivity contribution in [2.75, 3.05) is 13.2 Å². The number of amides is 2. The number of carbonyl (C=O) groups is 2. The van der Waals surface area contributed by atoms with Crippen LogP contribution in [0.25, 0.3) is 0 Å². The van der Waals surface area contributed by atoms with Gasteiger partial charge in [0.2, 0.25) is 0 Å². The molecule has 1 unspecified atom stereocenters. The molecule has 3 aromatic carbocycles. The van der Waals surface area contributed by atoms with E-state index in [2.05, 4.69) is 16.2 Å². The molecule has 8 nitrogen and oxygen atoms in total. The predicted octanol–water partition coefficient (Wildman–Crippen LogP) is 4.55. The molecular weight excluding hydrogens is 525 g/mol. The molecule has 0 saturated heterocycles. The Morgan fingerprint density at radius 2 is 1.53 bits per heavy atom. The lowest BCUT2D eigenvalue weighted by molar-refractivity contribution is -0.127. The first-order valence-electron chi connectivity index (χ1n) is 10.8. The third-order valence-corrected chi connectivity index (χ3v) is 5.31. The van der Waals surface area contributed by atoms with Crippen molar-refractivity contribution in [2.45, 2.75) is 13.0 Å². The van der Waals surface area contributed by atoms with Crippen molar-refractivity contribution in [3.05, 3.63) is 88.4 Å². The van der Waals surface area contributed by atoms with Gasteiger partial charge in [0, 0.05) is 10.6 Å². The monoisotopic (exact) mass is 547 g/mol. The van der Waals surface area contributed by atoms with Crippen molar-refractivity contribution in [1.82, 2.24) is 16.2 Å². The maximum atomic E-state index is 12.4. The van der Waals surface area contributed by atoms with Gasteiger partial charge in [0.1, 0.15) is 30.5 Å². The van der Waals surface area contributed by atoms with Gasteiger partial charge in [-0.15, -0.1) is 0 Å². The van der Waals surface area contributed by atoms with Crippen LogP contribution in [-0.2, 0) is 4.79 Å². The Bertz CT molecular complexity index is 1200. The summed E-state index contributed by atoms with van der Waals surface area (Å²) in [6, 6.07) is 20.6. The van der Waals surface area contributed by atoms with Gasteiger partial charge in [-0.3, -0.25) is 25.8 Å². The van der Waals surface area contributed by atoms with Crippen LogP contribution in [-0.4, -0.2) is 36.2 Å². The molecule has 3 aromatic rings. The highest BCUT2D eigenvalue weighted by Crippen LogP contribution is 2.28. The normalized spacial score (nSPS) is 11.1. The zero-order valence-corrected chi connectivity index (χ0v) is 21.5. The van der Waals surface area contributed by atoms with Gasteiger partial charge in [-0.1, -0.05) is 41.4 Å². The second-order valence-electron chi connectivity index (χ2n) is 7.27. The van der Waals surface area contributed by atoms with Crippen molar-refractivity contribution in [2.24, 2.45) is 0 Å². The van der Waals surface area contributed by atoms with Gasteiger partial charge in [-0.25, -0.2) is 0 Å². The number of nitrogens with one attached hydrogen (secondary N) is 3. The largest absolute Gasteiger partial charge is 0.490 e. The van der Waals surface area contributed by atoms with E-state index in [9.17, 15) is 9.59 Å². The van der Waals surface area contributed by atoms with Crippen molar-refractivity contribution in [1.29, 1.82) is 0 Å². The molecule has 0 heterocycles. The Morgan fingerprint density at radius 1 is 0.889 bits per heavy atom. The van der Waals surface area contributed by atoms with E-state index >= 15 is 0 Å². The third kappa shape index (κ3) is 8.60. The first-order chi connectivity index (χ1) is 17.3. The van der Waals surface area contributed by atoms with Gasteiger partial charge >= 0.3 is 0 Å². The fourth-order valence-corrected chi connectivity index (χ4v) is 3.38. The van der Waals surface area contributed by atoms with Crippen LogP contribution in [0.5, 0.6) is 17.2 Å². The van der Waals surface area contributed by atoms with E-state index in [0.717, 1.165) is 5.75 Å². The number of thiocarbonyl (C=S) groups is 1. The maximum absolute atomic E-state index is 12.4. The minimum atomic E-state index is -0.902. The maximum Gasteiger partial charge on any atom is 0.279 e. The summed E-state index contributed by atoms with van der Waals surface area (Å²) < 4.78 is 16.7.